The van der Waals surface area contributed by atoms with Crippen molar-refractivity contribution in [2.75, 3.05) is 40.3 Å². The van der Waals surface area contributed by atoms with Gasteiger partial charge in [0.15, 0.2) is 0 Å². The van der Waals surface area contributed by atoms with E-state index in [0.29, 0.717) is 13.1 Å². The Hall–Kier alpha value is -1.19. The molecule has 0 aliphatic carbocycles. The fourth-order valence-electron chi connectivity index (χ4n) is 1.42. The van der Waals surface area contributed by atoms with Gasteiger partial charge in [-0.05, 0) is 13.8 Å². The summed E-state index contributed by atoms with van der Waals surface area (Å²) in [5.41, 5.74) is 0. The summed E-state index contributed by atoms with van der Waals surface area (Å²) in [5.74, 6) is -0.786. The second-order valence-corrected chi connectivity index (χ2v) is 5.90. The number of hydrogen-bond acceptors (Lipinski definition) is 5. The molecule has 0 rings (SSSR count). The van der Waals surface area contributed by atoms with Crippen LogP contribution in [0, 0.1) is 0 Å². The van der Waals surface area contributed by atoms with Crippen LogP contribution in [0.1, 0.15) is 20.3 Å². The highest BCUT2D eigenvalue weighted by atomic mass is 32.2. The Labute approximate surface area is 120 Å². The maximum atomic E-state index is 11.8. The summed E-state index contributed by atoms with van der Waals surface area (Å²) in [7, 11) is -1.22. The van der Waals surface area contributed by atoms with Crippen molar-refractivity contribution in [3.63, 3.8) is 0 Å². The minimum Gasteiger partial charge on any atom is -0.469 e. The molecule has 0 aliphatic rings. The third-order valence-electron chi connectivity index (χ3n) is 2.79. The molecule has 1 amide bonds. The molecule has 0 unspecified atom stereocenters. The molecule has 0 bridgehead atoms. The zero-order chi connectivity index (χ0) is 15.8. The van der Waals surface area contributed by atoms with Crippen molar-refractivity contribution in [2.45, 2.75) is 20.3 Å². The minimum atomic E-state index is -3.78. The normalized spacial score (nSPS) is 11.4. The fraction of sp³-hybridized carbons (Fsp3) is 0.818. The van der Waals surface area contributed by atoms with Crippen molar-refractivity contribution in [2.24, 2.45) is 0 Å². The third kappa shape index (κ3) is 6.31. The fourth-order valence-corrected chi connectivity index (χ4v) is 2.28. The summed E-state index contributed by atoms with van der Waals surface area (Å²) in [6, 6.07) is 0. The first-order valence-corrected chi connectivity index (χ1v) is 7.78. The van der Waals surface area contributed by atoms with Gasteiger partial charge in [-0.25, -0.2) is 0 Å². The Bertz CT molecular complexity index is 420. The number of carbonyl (C=O) groups is 2. The largest absolute Gasteiger partial charge is 0.469 e. The Balaban J connectivity index is 4.37. The number of amides is 1. The molecule has 0 aliphatic heterocycles. The zero-order valence-electron chi connectivity index (χ0n) is 12.4. The Morgan fingerprint density at radius 1 is 1.20 bits per heavy atom. The van der Waals surface area contributed by atoms with Crippen LogP contribution in [0.3, 0.4) is 0 Å². The average molecular weight is 309 g/mol. The number of ether oxygens (including phenoxy) is 1. The van der Waals surface area contributed by atoms with Crippen LogP contribution in [-0.2, 0) is 24.5 Å². The van der Waals surface area contributed by atoms with Gasteiger partial charge in [0.2, 0.25) is 5.91 Å². The standard InChI is InChI=1S/C11H23N3O5S/c1-5-14(6-2)10(15)9-12-20(17,18)13(3)8-7-11(16)19-4/h12H,5-9H2,1-4H3. The Kier molecular flexibility index (Phi) is 8.35. The molecular formula is C11H23N3O5S. The van der Waals surface area contributed by atoms with Crippen molar-refractivity contribution >= 4 is 22.1 Å². The molecule has 0 spiro atoms. The highest BCUT2D eigenvalue weighted by molar-refractivity contribution is 7.87. The number of carbonyl (C=O) groups excluding carboxylic acids is 2. The van der Waals surface area contributed by atoms with E-state index in [-0.39, 0.29) is 25.4 Å². The van der Waals surface area contributed by atoms with Gasteiger partial charge in [0.25, 0.3) is 10.2 Å². The molecular weight excluding hydrogens is 286 g/mol. The Morgan fingerprint density at radius 3 is 2.20 bits per heavy atom. The summed E-state index contributed by atoms with van der Waals surface area (Å²) in [5, 5.41) is 0. The highest BCUT2D eigenvalue weighted by Crippen LogP contribution is 1.97. The molecule has 1 N–H and O–H groups in total. The van der Waals surface area contributed by atoms with Gasteiger partial charge in [-0.15, -0.1) is 0 Å². The van der Waals surface area contributed by atoms with Crippen LogP contribution in [0.2, 0.25) is 0 Å². The molecule has 0 fully saturated rings. The highest BCUT2D eigenvalue weighted by Gasteiger charge is 2.20. The van der Waals surface area contributed by atoms with E-state index in [1.165, 1.54) is 19.1 Å². The van der Waals surface area contributed by atoms with E-state index in [2.05, 4.69) is 9.46 Å². The van der Waals surface area contributed by atoms with E-state index in [9.17, 15) is 18.0 Å². The van der Waals surface area contributed by atoms with Gasteiger partial charge in [-0.2, -0.15) is 17.4 Å². The van der Waals surface area contributed by atoms with Crippen molar-refractivity contribution < 1.29 is 22.7 Å². The van der Waals surface area contributed by atoms with E-state index >= 15 is 0 Å². The van der Waals surface area contributed by atoms with Gasteiger partial charge in [-0.3, -0.25) is 9.59 Å². The van der Waals surface area contributed by atoms with Gasteiger partial charge < -0.3 is 9.64 Å². The lowest BCUT2D eigenvalue weighted by Gasteiger charge is -2.21. The molecule has 0 aromatic carbocycles. The third-order valence-corrected chi connectivity index (χ3v) is 4.30. The molecule has 0 heterocycles. The second kappa shape index (κ2) is 8.88. The van der Waals surface area contributed by atoms with E-state index in [4.69, 9.17) is 0 Å². The van der Waals surface area contributed by atoms with Crippen molar-refractivity contribution in [1.82, 2.24) is 13.9 Å². The lowest BCUT2D eigenvalue weighted by Crippen LogP contribution is -2.45. The topological polar surface area (TPSA) is 96.0 Å². The van der Waals surface area contributed by atoms with Crippen LogP contribution >= 0.6 is 0 Å². The predicted octanol–water partition coefficient (Wildman–Crippen LogP) is -0.816. The lowest BCUT2D eigenvalue weighted by atomic mass is 10.4. The van der Waals surface area contributed by atoms with E-state index in [0.717, 1.165) is 4.31 Å². The molecule has 0 radical (unpaired) electrons. The molecule has 8 nitrogen and oxygen atoms in total. The summed E-state index contributed by atoms with van der Waals surface area (Å²) < 4.78 is 31.3. The van der Waals surface area contributed by atoms with Gasteiger partial charge in [0, 0.05) is 26.7 Å². The quantitative estimate of drug-likeness (QED) is 0.562. The first-order chi connectivity index (χ1) is 9.28. The van der Waals surface area contributed by atoms with Gasteiger partial charge in [0.1, 0.15) is 0 Å². The molecule has 0 saturated heterocycles. The van der Waals surface area contributed by atoms with Crippen LogP contribution in [0.4, 0.5) is 0 Å². The average Bonchev–Trinajstić information content (AvgIpc) is 2.43. The first kappa shape index (κ1) is 18.8. The second-order valence-electron chi connectivity index (χ2n) is 4.04. The molecule has 0 aromatic rings. The maximum Gasteiger partial charge on any atom is 0.306 e. The summed E-state index contributed by atoms with van der Waals surface area (Å²) in [6.07, 6.45) is -0.0437. The number of nitrogens with zero attached hydrogens (tertiary/aromatic N) is 2. The van der Waals surface area contributed by atoms with Crippen LogP contribution in [-0.4, -0.2) is 69.8 Å². The minimum absolute atomic E-state index is 0.0124. The first-order valence-electron chi connectivity index (χ1n) is 6.34. The maximum absolute atomic E-state index is 11.8. The van der Waals surface area contributed by atoms with Crippen molar-refractivity contribution in [3.05, 3.63) is 0 Å². The molecule has 9 heteroatoms. The van der Waals surface area contributed by atoms with Crippen LogP contribution in [0.25, 0.3) is 0 Å². The van der Waals surface area contributed by atoms with Gasteiger partial charge in [0.05, 0.1) is 20.1 Å². The van der Waals surface area contributed by atoms with Crippen molar-refractivity contribution in [1.29, 1.82) is 0 Å². The van der Waals surface area contributed by atoms with Gasteiger partial charge in [-0.1, -0.05) is 0 Å². The number of rotatable bonds is 9. The number of likely N-dealkylation sites (N-methyl/N-ethyl adjacent to an activating group) is 1. The van der Waals surface area contributed by atoms with Gasteiger partial charge >= 0.3 is 5.97 Å². The van der Waals surface area contributed by atoms with E-state index in [1.807, 2.05) is 13.8 Å². The number of esters is 1. The van der Waals surface area contributed by atoms with Crippen LogP contribution in [0.15, 0.2) is 0 Å². The molecule has 20 heavy (non-hydrogen) atoms. The van der Waals surface area contributed by atoms with Crippen molar-refractivity contribution in [3.8, 4) is 0 Å². The monoisotopic (exact) mass is 309 g/mol. The summed E-state index contributed by atoms with van der Waals surface area (Å²) in [6.45, 7) is 4.37. The SMILES string of the molecule is CCN(CC)C(=O)CNS(=O)(=O)N(C)CCC(=O)OC. The number of methoxy groups -OCH3 is 1. The number of hydrogen-bond donors (Lipinski definition) is 1. The smallest absolute Gasteiger partial charge is 0.306 e. The summed E-state index contributed by atoms with van der Waals surface area (Å²) >= 11 is 0. The van der Waals surface area contributed by atoms with Crippen LogP contribution < -0.4 is 4.72 Å². The van der Waals surface area contributed by atoms with Crippen LogP contribution in [0.5, 0.6) is 0 Å². The molecule has 118 valence electrons. The zero-order valence-corrected chi connectivity index (χ0v) is 13.2. The summed E-state index contributed by atoms with van der Waals surface area (Å²) in [4.78, 5) is 24.2. The predicted molar refractivity (Wildman–Crippen MR) is 74.1 cm³/mol. The Morgan fingerprint density at radius 2 is 1.75 bits per heavy atom. The molecule has 0 aromatic heterocycles. The van der Waals surface area contributed by atoms with E-state index in [1.54, 1.807) is 0 Å². The molecule has 0 saturated carbocycles. The lowest BCUT2D eigenvalue weighted by molar-refractivity contribution is -0.140. The van der Waals surface area contributed by atoms with E-state index < -0.39 is 16.2 Å². The number of nitrogens with one attached hydrogen (secondary N) is 1. The molecule has 0 atom stereocenters.